The van der Waals surface area contributed by atoms with Gasteiger partial charge in [-0.2, -0.15) is 5.10 Å². The first kappa shape index (κ1) is 22.1. The van der Waals surface area contributed by atoms with Crippen LogP contribution in [0.4, 0.5) is 4.79 Å². The van der Waals surface area contributed by atoms with Crippen molar-refractivity contribution in [3.05, 3.63) is 30.0 Å². The van der Waals surface area contributed by atoms with Crippen LogP contribution in [-0.2, 0) is 4.74 Å². The lowest BCUT2D eigenvalue weighted by molar-refractivity contribution is 0.0206. The molecule has 2 amide bonds. The van der Waals surface area contributed by atoms with Crippen molar-refractivity contribution in [1.29, 1.82) is 0 Å². The standard InChI is InChI=1S/C22H32N4O4/c1-14(2)26-18-9-7-6-8-17(18)19(24-26)20(28)23-15-12-16(10-11-27)25(13-15)21(29)30-22(3,4)5/h6-9,14-16,27H,10-13H2,1-5H3,(H,23,28)/t15-,16+/m0/s1. The number of nitrogens with one attached hydrogen (secondary N) is 1. The molecular formula is C22H32N4O4. The molecule has 0 bridgehead atoms. The van der Waals surface area contributed by atoms with E-state index in [1.54, 1.807) is 4.90 Å². The monoisotopic (exact) mass is 416 g/mol. The molecule has 164 valence electrons. The van der Waals surface area contributed by atoms with Gasteiger partial charge in [-0.25, -0.2) is 4.79 Å². The summed E-state index contributed by atoms with van der Waals surface area (Å²) in [5.74, 6) is -0.260. The van der Waals surface area contributed by atoms with E-state index in [9.17, 15) is 14.7 Å². The number of likely N-dealkylation sites (tertiary alicyclic amines) is 1. The second-order valence-corrected chi connectivity index (χ2v) is 9.11. The lowest BCUT2D eigenvalue weighted by atomic mass is 10.1. The third-order valence-electron chi connectivity index (χ3n) is 5.16. The second-order valence-electron chi connectivity index (χ2n) is 9.11. The summed E-state index contributed by atoms with van der Waals surface area (Å²) >= 11 is 0. The van der Waals surface area contributed by atoms with E-state index < -0.39 is 11.7 Å². The summed E-state index contributed by atoms with van der Waals surface area (Å²) in [4.78, 5) is 27.3. The van der Waals surface area contributed by atoms with Crippen LogP contribution in [0.25, 0.3) is 10.9 Å². The maximum Gasteiger partial charge on any atom is 0.410 e. The van der Waals surface area contributed by atoms with E-state index in [-0.39, 0.29) is 30.6 Å². The Morgan fingerprint density at radius 3 is 2.63 bits per heavy atom. The molecule has 0 radical (unpaired) electrons. The van der Waals surface area contributed by atoms with Gasteiger partial charge in [-0.1, -0.05) is 18.2 Å². The average Bonchev–Trinajstić information content (AvgIpc) is 3.22. The van der Waals surface area contributed by atoms with Crippen molar-refractivity contribution in [2.45, 2.75) is 71.2 Å². The Hall–Kier alpha value is -2.61. The third-order valence-corrected chi connectivity index (χ3v) is 5.16. The Balaban J connectivity index is 1.77. The van der Waals surface area contributed by atoms with E-state index in [1.165, 1.54) is 0 Å². The molecule has 1 aromatic carbocycles. The fourth-order valence-corrected chi connectivity index (χ4v) is 3.89. The molecule has 2 aromatic rings. The van der Waals surface area contributed by atoms with Crippen LogP contribution in [0.5, 0.6) is 0 Å². The number of carbonyl (C=O) groups excluding carboxylic acids is 2. The van der Waals surface area contributed by atoms with Crippen molar-refractivity contribution in [2.24, 2.45) is 0 Å². The summed E-state index contributed by atoms with van der Waals surface area (Å²) in [6, 6.07) is 7.38. The second kappa shape index (κ2) is 8.63. The first-order valence-electron chi connectivity index (χ1n) is 10.5. The maximum atomic E-state index is 13.0. The van der Waals surface area contributed by atoms with Crippen LogP contribution in [0, 0.1) is 0 Å². The van der Waals surface area contributed by atoms with Gasteiger partial charge in [-0.05, 0) is 53.5 Å². The van der Waals surface area contributed by atoms with E-state index >= 15 is 0 Å². The molecule has 30 heavy (non-hydrogen) atoms. The van der Waals surface area contributed by atoms with Crippen LogP contribution in [0.15, 0.2) is 24.3 Å². The molecule has 0 unspecified atom stereocenters. The zero-order chi connectivity index (χ0) is 22.1. The Kier molecular flexibility index (Phi) is 6.36. The molecule has 1 aliphatic rings. The first-order chi connectivity index (χ1) is 14.1. The van der Waals surface area contributed by atoms with E-state index in [0.717, 1.165) is 10.9 Å². The molecule has 0 aliphatic carbocycles. The van der Waals surface area contributed by atoms with Gasteiger partial charge in [0, 0.05) is 36.7 Å². The van der Waals surface area contributed by atoms with Gasteiger partial charge in [0.25, 0.3) is 5.91 Å². The zero-order valence-corrected chi connectivity index (χ0v) is 18.4. The fourth-order valence-electron chi connectivity index (χ4n) is 3.89. The van der Waals surface area contributed by atoms with Crippen molar-refractivity contribution >= 4 is 22.9 Å². The molecule has 1 aromatic heterocycles. The Morgan fingerprint density at radius 2 is 2.00 bits per heavy atom. The average molecular weight is 417 g/mol. The number of hydrogen-bond donors (Lipinski definition) is 2. The highest BCUT2D eigenvalue weighted by atomic mass is 16.6. The van der Waals surface area contributed by atoms with Crippen molar-refractivity contribution < 1.29 is 19.4 Å². The van der Waals surface area contributed by atoms with E-state index in [0.29, 0.717) is 25.1 Å². The van der Waals surface area contributed by atoms with Gasteiger partial charge in [-0.3, -0.25) is 9.48 Å². The van der Waals surface area contributed by atoms with Crippen LogP contribution in [-0.4, -0.2) is 62.6 Å². The Labute approximate surface area is 177 Å². The number of aliphatic hydroxyl groups is 1. The van der Waals surface area contributed by atoms with Crippen molar-refractivity contribution in [3.63, 3.8) is 0 Å². The molecule has 8 nitrogen and oxygen atoms in total. The third kappa shape index (κ3) is 4.75. The van der Waals surface area contributed by atoms with Crippen LogP contribution in [0.2, 0.25) is 0 Å². The number of nitrogens with zero attached hydrogens (tertiary/aromatic N) is 3. The van der Waals surface area contributed by atoms with Crippen molar-refractivity contribution in [1.82, 2.24) is 20.0 Å². The van der Waals surface area contributed by atoms with Crippen LogP contribution in [0.3, 0.4) is 0 Å². The van der Waals surface area contributed by atoms with Gasteiger partial charge in [0.1, 0.15) is 5.60 Å². The number of amides is 2. The lowest BCUT2D eigenvalue weighted by Crippen LogP contribution is -2.42. The first-order valence-corrected chi connectivity index (χ1v) is 10.5. The predicted molar refractivity (Wildman–Crippen MR) is 114 cm³/mol. The molecule has 3 rings (SSSR count). The maximum absolute atomic E-state index is 13.0. The molecule has 0 spiro atoms. The number of ether oxygens (including phenoxy) is 1. The van der Waals surface area contributed by atoms with Crippen molar-refractivity contribution in [3.8, 4) is 0 Å². The highest BCUT2D eigenvalue weighted by Gasteiger charge is 2.38. The molecule has 2 atom stereocenters. The number of benzene rings is 1. The molecule has 1 fully saturated rings. The molecule has 2 N–H and O–H groups in total. The topological polar surface area (TPSA) is 96.7 Å². The lowest BCUT2D eigenvalue weighted by Gasteiger charge is -2.28. The Bertz CT molecular complexity index is 915. The minimum Gasteiger partial charge on any atom is -0.444 e. The molecular weight excluding hydrogens is 384 g/mol. The minimum absolute atomic E-state index is 0.0337. The van der Waals surface area contributed by atoms with Crippen LogP contribution in [0.1, 0.15) is 64.0 Å². The molecule has 0 saturated carbocycles. The number of aliphatic hydroxyl groups excluding tert-OH is 1. The summed E-state index contributed by atoms with van der Waals surface area (Å²) in [5.41, 5.74) is 0.691. The molecule has 2 heterocycles. The number of aromatic nitrogens is 2. The summed E-state index contributed by atoms with van der Waals surface area (Å²) in [6.45, 7) is 9.81. The minimum atomic E-state index is -0.606. The number of hydrogen-bond acceptors (Lipinski definition) is 5. The zero-order valence-electron chi connectivity index (χ0n) is 18.4. The normalized spacial score (nSPS) is 19.5. The SMILES string of the molecule is CC(C)n1nc(C(=O)N[C@H]2C[C@@H](CCO)N(C(=O)OC(C)(C)C)C2)c2ccccc21. The van der Waals surface area contributed by atoms with Crippen LogP contribution < -0.4 is 5.32 Å². The highest BCUT2D eigenvalue weighted by molar-refractivity contribution is 6.05. The number of fused-ring (bicyclic) bond motifs is 1. The van der Waals surface area contributed by atoms with Crippen molar-refractivity contribution in [2.75, 3.05) is 13.2 Å². The molecule has 1 aliphatic heterocycles. The summed E-state index contributed by atoms with van der Waals surface area (Å²) in [5, 5.41) is 17.8. The van der Waals surface area contributed by atoms with Gasteiger partial charge >= 0.3 is 6.09 Å². The highest BCUT2D eigenvalue weighted by Crippen LogP contribution is 2.25. The Morgan fingerprint density at radius 1 is 1.30 bits per heavy atom. The van der Waals surface area contributed by atoms with E-state index in [1.807, 2.05) is 63.6 Å². The summed E-state index contributed by atoms with van der Waals surface area (Å²) < 4.78 is 7.35. The predicted octanol–water partition coefficient (Wildman–Crippen LogP) is 3.11. The fraction of sp³-hybridized carbons (Fsp3) is 0.591. The smallest absolute Gasteiger partial charge is 0.410 e. The van der Waals surface area contributed by atoms with Gasteiger partial charge in [0.2, 0.25) is 0 Å². The molecule has 1 saturated heterocycles. The van der Waals surface area contributed by atoms with Gasteiger partial charge in [0.05, 0.1) is 5.52 Å². The number of para-hydroxylation sites is 1. The van der Waals surface area contributed by atoms with Crippen LogP contribution >= 0.6 is 0 Å². The largest absolute Gasteiger partial charge is 0.444 e. The number of rotatable bonds is 5. The van der Waals surface area contributed by atoms with Gasteiger partial charge in [-0.15, -0.1) is 0 Å². The summed E-state index contributed by atoms with van der Waals surface area (Å²) in [6.07, 6.45) is 0.581. The molecule has 8 heteroatoms. The number of carbonyl (C=O) groups is 2. The van der Waals surface area contributed by atoms with Gasteiger partial charge < -0.3 is 20.1 Å². The quantitative estimate of drug-likeness (QED) is 0.781. The van der Waals surface area contributed by atoms with Gasteiger partial charge in [0.15, 0.2) is 5.69 Å². The van der Waals surface area contributed by atoms with E-state index in [2.05, 4.69) is 10.4 Å². The van der Waals surface area contributed by atoms with E-state index in [4.69, 9.17) is 4.74 Å². The summed E-state index contributed by atoms with van der Waals surface area (Å²) in [7, 11) is 0.